The van der Waals surface area contributed by atoms with Crippen LogP contribution in [0.25, 0.3) is 0 Å². The first kappa shape index (κ1) is 13.1. The topological polar surface area (TPSA) is 58.4 Å². The van der Waals surface area contributed by atoms with Crippen molar-refractivity contribution in [3.8, 4) is 0 Å². The van der Waals surface area contributed by atoms with Gasteiger partial charge < -0.3 is 5.73 Å². The molecule has 3 N–H and O–H groups in total. The minimum Gasteiger partial charge on any atom is -0.368 e. The molecular formula is C14H21N3OS. The molecule has 1 aromatic heterocycles. The third kappa shape index (κ3) is 2.30. The molecule has 5 heteroatoms. The SMILES string of the molecule is NC(=O)C1(NCc2cccs2)CCN2CCCCC21. The molecule has 104 valence electrons. The van der Waals surface area contributed by atoms with E-state index < -0.39 is 5.54 Å². The van der Waals surface area contributed by atoms with Gasteiger partial charge in [-0.15, -0.1) is 11.3 Å². The van der Waals surface area contributed by atoms with Gasteiger partial charge in [-0.1, -0.05) is 12.5 Å². The fourth-order valence-corrected chi connectivity index (χ4v) is 4.19. The van der Waals surface area contributed by atoms with E-state index in [1.54, 1.807) is 11.3 Å². The van der Waals surface area contributed by atoms with E-state index in [-0.39, 0.29) is 5.91 Å². The maximum Gasteiger partial charge on any atom is 0.239 e. The molecule has 0 aromatic carbocycles. The Morgan fingerprint density at radius 1 is 1.53 bits per heavy atom. The monoisotopic (exact) mass is 279 g/mol. The highest BCUT2D eigenvalue weighted by Crippen LogP contribution is 2.35. The van der Waals surface area contributed by atoms with E-state index in [2.05, 4.69) is 21.7 Å². The van der Waals surface area contributed by atoms with Crippen molar-refractivity contribution < 1.29 is 4.79 Å². The second-order valence-corrected chi connectivity index (χ2v) is 6.60. The summed E-state index contributed by atoms with van der Waals surface area (Å²) >= 11 is 1.72. The Morgan fingerprint density at radius 3 is 3.16 bits per heavy atom. The highest BCUT2D eigenvalue weighted by Gasteiger charge is 2.51. The average molecular weight is 279 g/mol. The van der Waals surface area contributed by atoms with Gasteiger partial charge in [0.15, 0.2) is 0 Å². The lowest BCUT2D eigenvalue weighted by Crippen LogP contribution is -2.62. The number of primary amides is 1. The van der Waals surface area contributed by atoms with Crippen LogP contribution in [0.4, 0.5) is 0 Å². The third-order valence-electron chi connectivity index (χ3n) is 4.57. The summed E-state index contributed by atoms with van der Waals surface area (Å²) in [4.78, 5) is 15.8. The lowest BCUT2D eigenvalue weighted by molar-refractivity contribution is -0.125. The molecule has 2 aliphatic heterocycles. The molecule has 1 amide bonds. The number of hydrogen-bond acceptors (Lipinski definition) is 4. The Bertz CT molecular complexity index is 448. The van der Waals surface area contributed by atoms with E-state index in [1.807, 2.05) is 6.07 Å². The van der Waals surface area contributed by atoms with Crippen LogP contribution in [0.1, 0.15) is 30.6 Å². The van der Waals surface area contributed by atoms with Crippen LogP contribution in [0.15, 0.2) is 17.5 Å². The van der Waals surface area contributed by atoms with Crippen LogP contribution in [-0.4, -0.2) is 35.5 Å². The summed E-state index contributed by atoms with van der Waals surface area (Å²) in [5.41, 5.74) is 5.23. The molecule has 0 spiro atoms. The number of carbonyl (C=O) groups excluding carboxylic acids is 1. The summed E-state index contributed by atoms with van der Waals surface area (Å²) in [6.07, 6.45) is 4.38. The summed E-state index contributed by atoms with van der Waals surface area (Å²) in [6, 6.07) is 4.43. The fourth-order valence-electron chi connectivity index (χ4n) is 3.54. The van der Waals surface area contributed by atoms with Crippen LogP contribution in [0.2, 0.25) is 0 Å². The van der Waals surface area contributed by atoms with E-state index in [9.17, 15) is 4.79 Å². The van der Waals surface area contributed by atoms with Crippen molar-refractivity contribution in [2.45, 2.75) is 43.8 Å². The molecule has 4 nitrogen and oxygen atoms in total. The van der Waals surface area contributed by atoms with Gasteiger partial charge in [0.25, 0.3) is 0 Å². The van der Waals surface area contributed by atoms with Gasteiger partial charge in [0, 0.05) is 24.0 Å². The lowest BCUT2D eigenvalue weighted by atomic mass is 9.84. The van der Waals surface area contributed by atoms with Crippen molar-refractivity contribution in [1.29, 1.82) is 0 Å². The van der Waals surface area contributed by atoms with Gasteiger partial charge in [-0.3, -0.25) is 15.0 Å². The number of nitrogens with zero attached hydrogens (tertiary/aromatic N) is 1. The van der Waals surface area contributed by atoms with Gasteiger partial charge >= 0.3 is 0 Å². The molecular weight excluding hydrogens is 258 g/mol. The van der Waals surface area contributed by atoms with E-state index in [1.165, 1.54) is 17.7 Å². The summed E-state index contributed by atoms with van der Waals surface area (Å²) < 4.78 is 0. The summed E-state index contributed by atoms with van der Waals surface area (Å²) in [7, 11) is 0. The minimum atomic E-state index is -0.523. The lowest BCUT2D eigenvalue weighted by Gasteiger charge is -2.39. The molecule has 2 atom stereocenters. The smallest absolute Gasteiger partial charge is 0.239 e. The van der Waals surface area contributed by atoms with Crippen molar-refractivity contribution in [1.82, 2.24) is 10.2 Å². The Morgan fingerprint density at radius 2 is 2.42 bits per heavy atom. The molecule has 19 heavy (non-hydrogen) atoms. The van der Waals surface area contributed by atoms with Gasteiger partial charge in [-0.05, 0) is 37.3 Å². The highest BCUT2D eigenvalue weighted by atomic mass is 32.1. The van der Waals surface area contributed by atoms with Crippen molar-refractivity contribution in [2.75, 3.05) is 13.1 Å². The van der Waals surface area contributed by atoms with Crippen molar-refractivity contribution in [3.63, 3.8) is 0 Å². The second kappa shape index (κ2) is 5.23. The van der Waals surface area contributed by atoms with Crippen molar-refractivity contribution in [3.05, 3.63) is 22.4 Å². The fraction of sp³-hybridized carbons (Fsp3) is 0.643. The molecule has 2 unspecified atom stereocenters. The quantitative estimate of drug-likeness (QED) is 0.874. The minimum absolute atomic E-state index is 0.182. The van der Waals surface area contributed by atoms with Gasteiger partial charge in [0.2, 0.25) is 5.91 Å². The van der Waals surface area contributed by atoms with E-state index >= 15 is 0 Å². The largest absolute Gasteiger partial charge is 0.368 e. The Kier molecular flexibility index (Phi) is 3.60. The van der Waals surface area contributed by atoms with Crippen LogP contribution in [0.3, 0.4) is 0 Å². The zero-order chi connectivity index (χ0) is 13.3. The number of nitrogens with one attached hydrogen (secondary N) is 1. The molecule has 2 aliphatic rings. The molecule has 3 rings (SSSR count). The van der Waals surface area contributed by atoms with E-state index in [4.69, 9.17) is 5.73 Å². The number of piperidine rings is 1. The molecule has 0 bridgehead atoms. The standard InChI is InChI=1S/C14H21N3OS/c15-13(18)14(16-10-11-4-3-9-19-11)6-8-17-7-2-1-5-12(14)17/h3-4,9,12,16H,1-2,5-8,10H2,(H2,15,18). The molecule has 0 radical (unpaired) electrons. The Balaban J connectivity index is 1.77. The van der Waals surface area contributed by atoms with Crippen LogP contribution < -0.4 is 11.1 Å². The number of rotatable bonds is 4. The first-order valence-electron chi connectivity index (χ1n) is 7.04. The number of fused-ring (bicyclic) bond motifs is 1. The molecule has 2 fully saturated rings. The van der Waals surface area contributed by atoms with E-state index in [0.717, 1.165) is 32.5 Å². The molecule has 2 saturated heterocycles. The zero-order valence-electron chi connectivity index (χ0n) is 11.1. The van der Waals surface area contributed by atoms with Crippen LogP contribution in [0, 0.1) is 0 Å². The molecule has 0 saturated carbocycles. The number of carbonyl (C=O) groups is 1. The van der Waals surface area contributed by atoms with Gasteiger partial charge in [0.1, 0.15) is 5.54 Å². The summed E-state index contributed by atoms with van der Waals surface area (Å²) in [5.74, 6) is -0.182. The molecule has 0 aliphatic carbocycles. The maximum atomic E-state index is 12.1. The first-order valence-corrected chi connectivity index (χ1v) is 7.92. The highest BCUT2D eigenvalue weighted by molar-refractivity contribution is 7.09. The summed E-state index contributed by atoms with van der Waals surface area (Å²) in [6.45, 7) is 2.84. The number of thiophene rings is 1. The number of hydrogen-bond donors (Lipinski definition) is 2. The predicted octanol–water partition coefficient (Wildman–Crippen LogP) is 1.32. The molecule has 1 aromatic rings. The Labute approximate surface area is 118 Å². The summed E-state index contributed by atoms with van der Waals surface area (Å²) in [5, 5.41) is 5.56. The molecule has 3 heterocycles. The number of amides is 1. The van der Waals surface area contributed by atoms with Gasteiger partial charge in [-0.2, -0.15) is 0 Å². The number of nitrogens with two attached hydrogens (primary N) is 1. The van der Waals surface area contributed by atoms with E-state index in [0.29, 0.717) is 6.04 Å². The van der Waals surface area contributed by atoms with Crippen LogP contribution in [-0.2, 0) is 11.3 Å². The predicted molar refractivity (Wildman–Crippen MR) is 76.9 cm³/mol. The maximum absolute atomic E-state index is 12.1. The van der Waals surface area contributed by atoms with Gasteiger partial charge in [0.05, 0.1) is 0 Å². The second-order valence-electron chi connectivity index (χ2n) is 5.57. The average Bonchev–Trinajstić information content (AvgIpc) is 3.05. The Hall–Kier alpha value is -0.910. The van der Waals surface area contributed by atoms with Gasteiger partial charge in [-0.25, -0.2) is 0 Å². The van der Waals surface area contributed by atoms with Crippen LogP contribution in [0.5, 0.6) is 0 Å². The zero-order valence-corrected chi connectivity index (χ0v) is 11.9. The van der Waals surface area contributed by atoms with Crippen molar-refractivity contribution >= 4 is 17.2 Å². The third-order valence-corrected chi connectivity index (χ3v) is 5.45. The normalized spacial score (nSPS) is 31.3. The first-order chi connectivity index (χ1) is 9.22. The van der Waals surface area contributed by atoms with Crippen molar-refractivity contribution in [2.24, 2.45) is 5.73 Å². The van der Waals surface area contributed by atoms with Crippen LogP contribution >= 0.6 is 11.3 Å².